The molecule has 0 saturated carbocycles. The van der Waals surface area contributed by atoms with Crippen LogP contribution in [-0.4, -0.2) is 36.7 Å². The standard InChI is InChI=1S/C13H27NO2S/c1-5-7-8-12(13(15)16-4)14-11(3)9-10-17-6-2/h11-12,14H,5-10H2,1-4H3. The highest BCUT2D eigenvalue weighted by molar-refractivity contribution is 7.99. The SMILES string of the molecule is CCCCC(NC(C)CCSCC)C(=O)OC. The molecule has 0 amide bonds. The Morgan fingerprint density at radius 2 is 2.06 bits per heavy atom. The fourth-order valence-electron chi connectivity index (χ4n) is 1.65. The number of esters is 1. The topological polar surface area (TPSA) is 38.3 Å². The maximum absolute atomic E-state index is 11.6. The van der Waals surface area contributed by atoms with Gasteiger partial charge in [0.25, 0.3) is 0 Å². The maximum atomic E-state index is 11.6. The van der Waals surface area contributed by atoms with Crippen LogP contribution in [0, 0.1) is 0 Å². The number of carbonyl (C=O) groups is 1. The van der Waals surface area contributed by atoms with Crippen molar-refractivity contribution in [3.05, 3.63) is 0 Å². The number of unbranched alkanes of at least 4 members (excludes halogenated alkanes) is 1. The van der Waals surface area contributed by atoms with Gasteiger partial charge in [-0.05, 0) is 31.3 Å². The van der Waals surface area contributed by atoms with E-state index in [9.17, 15) is 4.79 Å². The van der Waals surface area contributed by atoms with Crippen LogP contribution in [0.15, 0.2) is 0 Å². The van der Waals surface area contributed by atoms with E-state index in [-0.39, 0.29) is 12.0 Å². The highest BCUT2D eigenvalue weighted by Gasteiger charge is 2.19. The third-order valence-corrected chi connectivity index (χ3v) is 3.65. The number of rotatable bonds is 10. The normalized spacial score (nSPS) is 14.4. The Morgan fingerprint density at radius 1 is 1.35 bits per heavy atom. The zero-order valence-corrected chi connectivity index (χ0v) is 12.4. The van der Waals surface area contributed by atoms with E-state index in [4.69, 9.17) is 4.74 Å². The quantitative estimate of drug-likeness (QED) is 0.485. The first-order valence-corrected chi connectivity index (χ1v) is 7.72. The average molecular weight is 261 g/mol. The largest absolute Gasteiger partial charge is 0.468 e. The first-order valence-electron chi connectivity index (χ1n) is 6.57. The number of nitrogens with one attached hydrogen (secondary N) is 1. The van der Waals surface area contributed by atoms with Crippen LogP contribution in [-0.2, 0) is 9.53 Å². The van der Waals surface area contributed by atoms with Crippen LogP contribution in [0.1, 0.15) is 46.5 Å². The van der Waals surface area contributed by atoms with Crippen molar-refractivity contribution in [3.8, 4) is 0 Å². The number of hydrogen-bond donors (Lipinski definition) is 1. The molecular formula is C13H27NO2S. The van der Waals surface area contributed by atoms with Crippen LogP contribution in [0.4, 0.5) is 0 Å². The number of ether oxygens (including phenoxy) is 1. The highest BCUT2D eigenvalue weighted by atomic mass is 32.2. The lowest BCUT2D eigenvalue weighted by atomic mass is 10.1. The predicted octanol–water partition coefficient (Wildman–Crippen LogP) is 2.84. The zero-order valence-electron chi connectivity index (χ0n) is 11.6. The van der Waals surface area contributed by atoms with Gasteiger partial charge in [0.2, 0.25) is 0 Å². The number of methoxy groups -OCH3 is 1. The van der Waals surface area contributed by atoms with E-state index in [1.807, 2.05) is 11.8 Å². The Balaban J connectivity index is 3.98. The summed E-state index contributed by atoms with van der Waals surface area (Å²) in [5, 5.41) is 3.37. The summed E-state index contributed by atoms with van der Waals surface area (Å²) in [6.45, 7) is 6.44. The smallest absolute Gasteiger partial charge is 0.322 e. The van der Waals surface area contributed by atoms with Gasteiger partial charge in [-0.25, -0.2) is 0 Å². The molecule has 17 heavy (non-hydrogen) atoms. The summed E-state index contributed by atoms with van der Waals surface area (Å²) in [5.41, 5.74) is 0. The lowest BCUT2D eigenvalue weighted by molar-refractivity contribution is -0.143. The van der Waals surface area contributed by atoms with Crippen molar-refractivity contribution in [3.63, 3.8) is 0 Å². The van der Waals surface area contributed by atoms with E-state index in [1.165, 1.54) is 7.11 Å². The van der Waals surface area contributed by atoms with Gasteiger partial charge in [0.15, 0.2) is 0 Å². The minimum absolute atomic E-state index is 0.131. The number of carbonyl (C=O) groups excluding carboxylic acids is 1. The summed E-state index contributed by atoms with van der Waals surface area (Å²) in [7, 11) is 1.46. The van der Waals surface area contributed by atoms with Crippen LogP contribution in [0.2, 0.25) is 0 Å². The molecule has 0 heterocycles. The van der Waals surface area contributed by atoms with Gasteiger partial charge in [0.1, 0.15) is 6.04 Å². The van der Waals surface area contributed by atoms with E-state index >= 15 is 0 Å². The lowest BCUT2D eigenvalue weighted by Gasteiger charge is -2.21. The molecule has 0 aliphatic rings. The molecule has 0 spiro atoms. The third kappa shape index (κ3) is 8.50. The van der Waals surface area contributed by atoms with E-state index in [0.29, 0.717) is 6.04 Å². The minimum Gasteiger partial charge on any atom is -0.468 e. The average Bonchev–Trinajstić information content (AvgIpc) is 2.33. The first kappa shape index (κ1) is 16.8. The lowest BCUT2D eigenvalue weighted by Crippen LogP contribution is -2.43. The van der Waals surface area contributed by atoms with Gasteiger partial charge in [-0.15, -0.1) is 0 Å². The van der Waals surface area contributed by atoms with E-state index in [0.717, 1.165) is 37.2 Å². The Labute approximate surface area is 110 Å². The Kier molecular flexibility index (Phi) is 10.8. The molecule has 0 aliphatic carbocycles. The van der Waals surface area contributed by atoms with Crippen molar-refractivity contribution in [1.82, 2.24) is 5.32 Å². The molecule has 0 rings (SSSR count). The molecule has 102 valence electrons. The number of hydrogen-bond acceptors (Lipinski definition) is 4. The molecule has 0 aromatic carbocycles. The van der Waals surface area contributed by atoms with Crippen molar-refractivity contribution in [2.75, 3.05) is 18.6 Å². The van der Waals surface area contributed by atoms with E-state index in [2.05, 4.69) is 26.1 Å². The molecule has 0 saturated heterocycles. The third-order valence-electron chi connectivity index (χ3n) is 2.72. The molecule has 1 N–H and O–H groups in total. The van der Waals surface area contributed by atoms with Crippen molar-refractivity contribution >= 4 is 17.7 Å². The highest BCUT2D eigenvalue weighted by Crippen LogP contribution is 2.08. The van der Waals surface area contributed by atoms with Gasteiger partial charge in [0, 0.05) is 6.04 Å². The summed E-state index contributed by atoms with van der Waals surface area (Å²) in [6, 6.07) is 0.233. The van der Waals surface area contributed by atoms with E-state index in [1.54, 1.807) is 0 Å². The Hall–Kier alpha value is -0.220. The molecule has 2 unspecified atom stereocenters. The van der Waals surface area contributed by atoms with Gasteiger partial charge in [-0.1, -0.05) is 26.7 Å². The molecule has 4 heteroatoms. The second-order valence-corrected chi connectivity index (χ2v) is 5.67. The molecule has 0 aromatic heterocycles. The second kappa shape index (κ2) is 10.9. The molecule has 0 radical (unpaired) electrons. The monoisotopic (exact) mass is 261 g/mol. The Bertz CT molecular complexity index is 200. The van der Waals surface area contributed by atoms with Gasteiger partial charge in [-0.3, -0.25) is 4.79 Å². The molecule has 0 fully saturated rings. The Morgan fingerprint density at radius 3 is 2.59 bits per heavy atom. The van der Waals surface area contributed by atoms with Crippen LogP contribution >= 0.6 is 11.8 Å². The minimum atomic E-state index is -0.137. The van der Waals surface area contributed by atoms with Crippen molar-refractivity contribution in [2.24, 2.45) is 0 Å². The van der Waals surface area contributed by atoms with Crippen molar-refractivity contribution < 1.29 is 9.53 Å². The molecule has 0 bridgehead atoms. The van der Waals surface area contributed by atoms with Crippen LogP contribution in [0.3, 0.4) is 0 Å². The van der Waals surface area contributed by atoms with Crippen LogP contribution in [0.25, 0.3) is 0 Å². The van der Waals surface area contributed by atoms with Gasteiger partial charge in [0.05, 0.1) is 7.11 Å². The first-order chi connectivity index (χ1) is 8.15. The summed E-state index contributed by atoms with van der Waals surface area (Å²) >= 11 is 1.94. The number of thioether (sulfide) groups is 1. The fraction of sp³-hybridized carbons (Fsp3) is 0.923. The van der Waals surface area contributed by atoms with Gasteiger partial charge >= 0.3 is 5.97 Å². The molecule has 2 atom stereocenters. The van der Waals surface area contributed by atoms with Gasteiger partial charge < -0.3 is 10.1 Å². The molecule has 3 nitrogen and oxygen atoms in total. The molecule has 0 aromatic rings. The summed E-state index contributed by atoms with van der Waals surface area (Å²) in [4.78, 5) is 11.6. The zero-order chi connectivity index (χ0) is 13.1. The predicted molar refractivity (Wildman–Crippen MR) is 75.5 cm³/mol. The summed E-state index contributed by atoms with van der Waals surface area (Å²) in [5.74, 6) is 2.17. The van der Waals surface area contributed by atoms with Crippen LogP contribution < -0.4 is 5.32 Å². The summed E-state index contributed by atoms with van der Waals surface area (Å²) in [6.07, 6.45) is 4.13. The molecular weight excluding hydrogens is 234 g/mol. The maximum Gasteiger partial charge on any atom is 0.322 e. The van der Waals surface area contributed by atoms with Crippen molar-refractivity contribution in [1.29, 1.82) is 0 Å². The van der Waals surface area contributed by atoms with Gasteiger partial charge in [-0.2, -0.15) is 11.8 Å². The van der Waals surface area contributed by atoms with E-state index < -0.39 is 0 Å². The van der Waals surface area contributed by atoms with Crippen molar-refractivity contribution in [2.45, 2.75) is 58.5 Å². The fourth-order valence-corrected chi connectivity index (χ4v) is 2.46. The van der Waals surface area contributed by atoms with Crippen LogP contribution in [0.5, 0.6) is 0 Å². The second-order valence-electron chi connectivity index (χ2n) is 4.27. The summed E-state index contributed by atoms with van der Waals surface area (Å²) < 4.78 is 4.83. The molecule has 0 aliphatic heterocycles.